The van der Waals surface area contributed by atoms with Crippen LogP contribution < -0.4 is 9.64 Å². The lowest BCUT2D eigenvalue weighted by Crippen LogP contribution is -2.50. The van der Waals surface area contributed by atoms with Gasteiger partial charge < -0.3 is 14.0 Å². The van der Waals surface area contributed by atoms with Crippen molar-refractivity contribution in [3.8, 4) is 5.75 Å². The first-order valence-electron chi connectivity index (χ1n) is 12.6. The summed E-state index contributed by atoms with van der Waals surface area (Å²) in [4.78, 5) is 33.5. The number of carbonyl (C=O) groups excluding carboxylic acids is 2. The van der Waals surface area contributed by atoms with Gasteiger partial charge in [0.25, 0.3) is 0 Å². The summed E-state index contributed by atoms with van der Waals surface area (Å²) in [7, 11) is 0. The van der Waals surface area contributed by atoms with Crippen LogP contribution in [-0.2, 0) is 14.3 Å². The number of benzene rings is 2. The van der Waals surface area contributed by atoms with Crippen LogP contribution in [0.4, 0.5) is 5.95 Å². The average molecular weight is 478 g/mol. The predicted molar refractivity (Wildman–Crippen MR) is 137 cm³/mol. The second-order valence-corrected chi connectivity index (χ2v) is 9.39. The molecule has 7 nitrogen and oxygen atoms in total. The molecule has 0 bridgehead atoms. The monoisotopic (exact) mass is 477 g/mol. The molecule has 1 aliphatic rings. The molecule has 1 aromatic heterocycles. The van der Waals surface area contributed by atoms with Gasteiger partial charge in [0.15, 0.2) is 5.92 Å². The third kappa shape index (κ3) is 5.04. The van der Waals surface area contributed by atoms with Gasteiger partial charge in [-0.2, -0.15) is 0 Å². The van der Waals surface area contributed by atoms with E-state index in [2.05, 4.69) is 20.8 Å². The Bertz CT molecular complexity index is 1170. The molecule has 2 aromatic carbocycles. The van der Waals surface area contributed by atoms with Crippen molar-refractivity contribution >= 4 is 28.9 Å². The molecule has 0 fully saturated rings. The van der Waals surface area contributed by atoms with Crippen molar-refractivity contribution in [3.05, 3.63) is 54.1 Å². The summed E-state index contributed by atoms with van der Waals surface area (Å²) >= 11 is 0. The first kappa shape index (κ1) is 24.8. The van der Waals surface area contributed by atoms with Gasteiger partial charge in [-0.15, -0.1) is 0 Å². The largest absolute Gasteiger partial charge is 0.494 e. The highest BCUT2D eigenvalue weighted by atomic mass is 16.5. The second-order valence-electron chi connectivity index (χ2n) is 9.39. The van der Waals surface area contributed by atoms with Gasteiger partial charge in [0.1, 0.15) is 5.75 Å². The standard InChI is InChI=1S/C28H35N3O4/c1-5-7-17-30-26(32)24(27(33)34-6-2)25(31-23-11-9-8-10-22(23)29-28(30)31)20-12-14-21(15-13-20)35-18-16-19(3)4/h8-15,19,24-25H,5-7,16-18H2,1-4H3. The molecule has 3 aromatic rings. The number of unbranched alkanes of at least 4 members (excludes halogenated alkanes) is 1. The summed E-state index contributed by atoms with van der Waals surface area (Å²) in [5.41, 5.74) is 2.51. The van der Waals surface area contributed by atoms with Crippen LogP contribution >= 0.6 is 0 Å². The molecular formula is C28H35N3O4. The zero-order valence-electron chi connectivity index (χ0n) is 21.1. The Hall–Kier alpha value is -3.35. The maximum absolute atomic E-state index is 13.8. The summed E-state index contributed by atoms with van der Waals surface area (Å²) in [6.07, 6.45) is 2.72. The van der Waals surface area contributed by atoms with E-state index in [1.165, 1.54) is 0 Å². The molecule has 2 unspecified atom stereocenters. The number of imidazole rings is 1. The molecule has 0 spiro atoms. The lowest BCUT2D eigenvalue weighted by molar-refractivity contribution is -0.153. The molecule has 0 aliphatic carbocycles. The maximum atomic E-state index is 13.8. The molecule has 4 rings (SSSR count). The predicted octanol–water partition coefficient (Wildman–Crippen LogP) is 5.38. The van der Waals surface area contributed by atoms with Crippen LogP contribution in [0.5, 0.6) is 5.75 Å². The minimum atomic E-state index is -0.996. The van der Waals surface area contributed by atoms with Gasteiger partial charge in [0, 0.05) is 6.54 Å². The van der Waals surface area contributed by atoms with Crippen LogP contribution in [0.15, 0.2) is 48.5 Å². The highest BCUT2D eigenvalue weighted by molar-refractivity contribution is 6.08. The normalized spacial score (nSPS) is 17.6. The van der Waals surface area contributed by atoms with Crippen LogP contribution in [0, 0.1) is 11.8 Å². The first-order chi connectivity index (χ1) is 17.0. The number of carbonyl (C=O) groups is 2. The number of amides is 1. The smallest absolute Gasteiger partial charge is 0.321 e. The molecule has 35 heavy (non-hydrogen) atoms. The van der Waals surface area contributed by atoms with Crippen molar-refractivity contribution in [2.24, 2.45) is 11.8 Å². The molecule has 2 atom stereocenters. The number of rotatable bonds is 10. The Morgan fingerprint density at radius 3 is 2.51 bits per heavy atom. The van der Waals surface area contributed by atoms with Gasteiger partial charge in [0.2, 0.25) is 11.9 Å². The van der Waals surface area contributed by atoms with Crippen molar-refractivity contribution in [3.63, 3.8) is 0 Å². The van der Waals surface area contributed by atoms with Gasteiger partial charge >= 0.3 is 5.97 Å². The van der Waals surface area contributed by atoms with Crippen molar-refractivity contribution < 1.29 is 19.1 Å². The van der Waals surface area contributed by atoms with Crippen LogP contribution in [0.2, 0.25) is 0 Å². The van der Waals surface area contributed by atoms with E-state index in [9.17, 15) is 9.59 Å². The van der Waals surface area contributed by atoms with E-state index < -0.39 is 17.9 Å². The van der Waals surface area contributed by atoms with Crippen molar-refractivity contribution in [2.45, 2.75) is 53.0 Å². The Morgan fingerprint density at radius 1 is 1.09 bits per heavy atom. The van der Waals surface area contributed by atoms with Gasteiger partial charge in [-0.3, -0.25) is 14.5 Å². The van der Waals surface area contributed by atoms with E-state index in [-0.39, 0.29) is 12.5 Å². The van der Waals surface area contributed by atoms with E-state index in [4.69, 9.17) is 14.5 Å². The average Bonchev–Trinajstić information content (AvgIpc) is 3.22. The van der Waals surface area contributed by atoms with Crippen LogP contribution in [-0.4, -0.2) is 41.2 Å². The van der Waals surface area contributed by atoms with E-state index in [0.29, 0.717) is 25.0 Å². The van der Waals surface area contributed by atoms with E-state index in [1.54, 1.807) is 11.8 Å². The van der Waals surface area contributed by atoms with Gasteiger partial charge in [0.05, 0.1) is 30.3 Å². The third-order valence-corrected chi connectivity index (χ3v) is 6.41. The number of nitrogens with zero attached hydrogens (tertiary/aromatic N) is 3. The highest BCUT2D eigenvalue weighted by Gasteiger charge is 2.47. The van der Waals surface area contributed by atoms with Crippen molar-refractivity contribution in [1.82, 2.24) is 9.55 Å². The number of ether oxygens (including phenoxy) is 2. The fraction of sp³-hybridized carbons (Fsp3) is 0.464. The third-order valence-electron chi connectivity index (χ3n) is 6.41. The number of hydrogen-bond acceptors (Lipinski definition) is 5. The van der Waals surface area contributed by atoms with Gasteiger partial charge in [-0.25, -0.2) is 4.98 Å². The molecule has 186 valence electrons. The molecule has 0 saturated carbocycles. The van der Waals surface area contributed by atoms with Crippen molar-refractivity contribution in [1.29, 1.82) is 0 Å². The van der Waals surface area contributed by atoms with Crippen LogP contribution in [0.25, 0.3) is 11.0 Å². The Kier molecular flexibility index (Phi) is 7.73. The summed E-state index contributed by atoms with van der Waals surface area (Å²) in [6.45, 7) is 9.53. The summed E-state index contributed by atoms with van der Waals surface area (Å²) in [5.74, 6) is 0.143. The summed E-state index contributed by atoms with van der Waals surface area (Å²) in [6, 6.07) is 14.9. The molecule has 1 amide bonds. The summed E-state index contributed by atoms with van der Waals surface area (Å²) in [5, 5.41) is 0. The number of para-hydroxylation sites is 2. The second kappa shape index (κ2) is 10.9. The molecule has 2 heterocycles. The quantitative estimate of drug-likeness (QED) is 0.290. The van der Waals surface area contributed by atoms with E-state index in [1.807, 2.05) is 53.1 Å². The Balaban J connectivity index is 1.81. The molecular weight excluding hydrogens is 442 g/mol. The van der Waals surface area contributed by atoms with E-state index >= 15 is 0 Å². The van der Waals surface area contributed by atoms with E-state index in [0.717, 1.165) is 41.6 Å². The zero-order chi connectivity index (χ0) is 24.9. The molecule has 1 aliphatic heterocycles. The fourth-order valence-corrected chi connectivity index (χ4v) is 4.55. The Labute approximate surface area is 207 Å². The lowest BCUT2D eigenvalue weighted by atomic mass is 9.89. The number of hydrogen-bond donors (Lipinski definition) is 0. The topological polar surface area (TPSA) is 73.7 Å². The fourth-order valence-electron chi connectivity index (χ4n) is 4.55. The minimum Gasteiger partial charge on any atom is -0.494 e. The minimum absolute atomic E-state index is 0.213. The number of fused-ring (bicyclic) bond motifs is 3. The van der Waals surface area contributed by atoms with Crippen LogP contribution in [0.3, 0.4) is 0 Å². The molecule has 0 saturated heterocycles. The first-order valence-corrected chi connectivity index (χ1v) is 12.6. The Morgan fingerprint density at radius 2 is 1.83 bits per heavy atom. The number of aromatic nitrogens is 2. The molecule has 7 heteroatoms. The van der Waals surface area contributed by atoms with Crippen molar-refractivity contribution in [2.75, 3.05) is 24.7 Å². The van der Waals surface area contributed by atoms with Gasteiger partial charge in [-0.05, 0) is 55.5 Å². The lowest BCUT2D eigenvalue weighted by Gasteiger charge is -2.38. The number of anilines is 1. The SMILES string of the molecule is CCCCN1C(=O)C(C(=O)OCC)C(c2ccc(OCCC(C)C)cc2)n2c1nc1ccccc12. The zero-order valence-corrected chi connectivity index (χ0v) is 21.1. The highest BCUT2D eigenvalue weighted by Crippen LogP contribution is 2.41. The van der Waals surface area contributed by atoms with Gasteiger partial charge in [-0.1, -0.05) is 51.5 Å². The van der Waals surface area contributed by atoms with Crippen LogP contribution in [0.1, 0.15) is 58.6 Å². The summed E-state index contributed by atoms with van der Waals surface area (Å²) < 4.78 is 13.3. The molecule has 0 radical (unpaired) electrons. The molecule has 0 N–H and O–H groups in total. The number of esters is 1. The maximum Gasteiger partial charge on any atom is 0.321 e.